The van der Waals surface area contributed by atoms with Gasteiger partial charge in [-0.25, -0.2) is 9.78 Å². The molecule has 2 heterocycles. The van der Waals surface area contributed by atoms with Gasteiger partial charge >= 0.3 is 5.69 Å². The van der Waals surface area contributed by atoms with E-state index in [0.29, 0.717) is 30.1 Å². The van der Waals surface area contributed by atoms with E-state index in [9.17, 15) is 14.7 Å². The molecule has 0 radical (unpaired) electrons. The number of imidazole rings is 1. The predicted molar refractivity (Wildman–Crippen MR) is 91.2 cm³/mol. The van der Waals surface area contributed by atoms with Gasteiger partial charge in [-0.05, 0) is 12.1 Å². The molecule has 2 aromatic heterocycles. The Bertz CT molecular complexity index is 971. The number of fused-ring (bicyclic) bond motifs is 1. The summed E-state index contributed by atoms with van der Waals surface area (Å²) < 4.78 is 2.39. The summed E-state index contributed by atoms with van der Waals surface area (Å²) in [6.07, 6.45) is 0. The zero-order chi connectivity index (χ0) is 17.3. The van der Waals surface area contributed by atoms with Gasteiger partial charge in [-0.2, -0.15) is 0 Å². The summed E-state index contributed by atoms with van der Waals surface area (Å²) in [7, 11) is 3.02. The number of nitrogens with one attached hydrogen (secondary N) is 1. The van der Waals surface area contributed by atoms with Crippen molar-refractivity contribution in [2.75, 3.05) is 18.1 Å². The van der Waals surface area contributed by atoms with Crippen LogP contribution in [0.5, 0.6) is 0 Å². The number of aliphatic hydroxyl groups is 1. The molecule has 2 N–H and O–H groups in total. The molecule has 0 saturated carbocycles. The van der Waals surface area contributed by atoms with Crippen LogP contribution in [0.25, 0.3) is 11.2 Å². The van der Waals surface area contributed by atoms with E-state index >= 15 is 0 Å². The average Bonchev–Trinajstić information content (AvgIpc) is 3.02. The zero-order valence-electron chi connectivity index (χ0n) is 13.6. The van der Waals surface area contributed by atoms with Crippen molar-refractivity contribution in [1.82, 2.24) is 19.1 Å². The van der Waals surface area contributed by atoms with Crippen LogP contribution in [0.4, 0.5) is 5.69 Å². The van der Waals surface area contributed by atoms with Crippen molar-refractivity contribution in [3.8, 4) is 0 Å². The van der Waals surface area contributed by atoms with Gasteiger partial charge in [-0.1, -0.05) is 18.2 Å². The minimum atomic E-state index is -0.416. The van der Waals surface area contributed by atoms with Crippen molar-refractivity contribution >= 4 is 16.9 Å². The number of rotatable bonds is 5. The van der Waals surface area contributed by atoms with Gasteiger partial charge in [-0.15, -0.1) is 0 Å². The van der Waals surface area contributed by atoms with Crippen molar-refractivity contribution < 1.29 is 5.11 Å². The van der Waals surface area contributed by atoms with Crippen LogP contribution in [-0.4, -0.2) is 37.4 Å². The molecule has 0 saturated heterocycles. The normalized spacial score (nSPS) is 11.1. The Hall–Kier alpha value is -2.87. The first kappa shape index (κ1) is 16.0. The van der Waals surface area contributed by atoms with Gasteiger partial charge in [0.2, 0.25) is 0 Å². The van der Waals surface area contributed by atoms with Crippen LogP contribution in [0, 0.1) is 0 Å². The number of H-pyrrole nitrogens is 1. The second kappa shape index (κ2) is 6.32. The number of aryl methyl sites for hydroxylation is 1. The van der Waals surface area contributed by atoms with Gasteiger partial charge in [0.15, 0.2) is 5.65 Å². The van der Waals surface area contributed by atoms with Crippen LogP contribution < -0.4 is 16.1 Å². The molecule has 0 fully saturated rings. The lowest BCUT2D eigenvalue weighted by atomic mass is 10.3. The third kappa shape index (κ3) is 2.71. The fourth-order valence-corrected chi connectivity index (χ4v) is 2.69. The van der Waals surface area contributed by atoms with E-state index in [1.54, 1.807) is 7.05 Å². The lowest BCUT2D eigenvalue weighted by Gasteiger charge is -2.22. The molecule has 1 aromatic carbocycles. The highest BCUT2D eigenvalue weighted by molar-refractivity contribution is 5.69. The van der Waals surface area contributed by atoms with Crippen LogP contribution in [0.2, 0.25) is 0 Å². The predicted octanol–water partition coefficient (Wildman–Crippen LogP) is -0.0408. The number of aromatic nitrogens is 4. The molecule has 0 aliphatic rings. The summed E-state index contributed by atoms with van der Waals surface area (Å²) in [6.45, 7) is 0.809. The van der Waals surface area contributed by atoms with Crippen molar-refractivity contribution in [2.45, 2.75) is 6.54 Å². The smallest absolute Gasteiger partial charge is 0.332 e. The Morgan fingerprint density at radius 3 is 2.54 bits per heavy atom. The summed E-state index contributed by atoms with van der Waals surface area (Å²) in [5, 5.41) is 9.31. The molecule has 0 spiro atoms. The highest BCUT2D eigenvalue weighted by Gasteiger charge is 2.15. The second-order valence-corrected chi connectivity index (χ2v) is 5.57. The lowest BCUT2D eigenvalue weighted by Crippen LogP contribution is -2.36. The Balaban J connectivity index is 2.03. The van der Waals surface area contributed by atoms with E-state index in [4.69, 9.17) is 0 Å². The van der Waals surface area contributed by atoms with Gasteiger partial charge in [0.05, 0.1) is 13.2 Å². The number of hydrogen-bond acceptors (Lipinski definition) is 5. The SMILES string of the molecule is Cn1c(=O)c2[nH]c(CN(CCO)c3ccccc3)nc2n(C)c1=O. The van der Waals surface area contributed by atoms with Crippen LogP contribution in [-0.2, 0) is 20.6 Å². The standard InChI is InChI=1S/C16H19N5O3/c1-19-14-13(15(23)20(2)16(19)24)17-12(18-14)10-21(8-9-22)11-6-4-3-5-7-11/h3-7,22H,8-10H2,1-2H3,(H,17,18). The lowest BCUT2D eigenvalue weighted by molar-refractivity contribution is 0.301. The van der Waals surface area contributed by atoms with E-state index in [2.05, 4.69) is 9.97 Å². The number of para-hydroxylation sites is 1. The number of aliphatic hydroxyl groups excluding tert-OH is 1. The summed E-state index contributed by atoms with van der Waals surface area (Å²) in [5.41, 5.74) is 0.747. The number of aromatic amines is 1. The van der Waals surface area contributed by atoms with Gasteiger partial charge in [-0.3, -0.25) is 13.9 Å². The van der Waals surface area contributed by atoms with E-state index in [0.717, 1.165) is 10.3 Å². The first-order valence-electron chi connectivity index (χ1n) is 7.58. The van der Waals surface area contributed by atoms with Gasteiger partial charge in [0.25, 0.3) is 5.56 Å². The molecule has 0 amide bonds. The van der Waals surface area contributed by atoms with Crippen molar-refractivity contribution in [1.29, 1.82) is 0 Å². The van der Waals surface area contributed by atoms with Gasteiger partial charge in [0.1, 0.15) is 11.3 Å². The largest absolute Gasteiger partial charge is 0.395 e. The van der Waals surface area contributed by atoms with Crippen molar-refractivity contribution in [3.05, 3.63) is 57.0 Å². The quantitative estimate of drug-likeness (QED) is 0.685. The molecule has 0 aliphatic carbocycles. The number of hydrogen-bond donors (Lipinski definition) is 2. The molecule has 8 nitrogen and oxygen atoms in total. The Labute approximate surface area is 137 Å². The third-order valence-corrected chi connectivity index (χ3v) is 3.98. The second-order valence-electron chi connectivity index (χ2n) is 5.57. The van der Waals surface area contributed by atoms with E-state index < -0.39 is 11.2 Å². The molecular weight excluding hydrogens is 310 g/mol. The number of anilines is 1. The van der Waals surface area contributed by atoms with Crippen LogP contribution >= 0.6 is 0 Å². The summed E-state index contributed by atoms with van der Waals surface area (Å²) in [5.74, 6) is 0.556. The maximum Gasteiger partial charge on any atom is 0.332 e. The first-order chi connectivity index (χ1) is 11.5. The summed E-state index contributed by atoms with van der Waals surface area (Å²) in [4.78, 5) is 33.6. The van der Waals surface area contributed by atoms with Crippen LogP contribution in [0.1, 0.15) is 5.82 Å². The topological polar surface area (TPSA) is 96.2 Å². The monoisotopic (exact) mass is 329 g/mol. The van der Waals surface area contributed by atoms with E-state index in [1.807, 2.05) is 35.2 Å². The molecule has 126 valence electrons. The molecule has 24 heavy (non-hydrogen) atoms. The fourth-order valence-electron chi connectivity index (χ4n) is 2.69. The Morgan fingerprint density at radius 1 is 1.17 bits per heavy atom. The molecule has 0 unspecified atom stereocenters. The number of benzene rings is 1. The van der Waals surface area contributed by atoms with Gasteiger partial charge < -0.3 is 15.0 Å². The van der Waals surface area contributed by atoms with E-state index in [1.165, 1.54) is 11.6 Å². The average molecular weight is 329 g/mol. The Kier molecular flexibility index (Phi) is 4.22. The van der Waals surface area contributed by atoms with Crippen molar-refractivity contribution in [3.63, 3.8) is 0 Å². The molecule has 0 atom stereocenters. The summed E-state index contributed by atoms with van der Waals surface area (Å²) in [6, 6.07) is 9.62. The maximum atomic E-state index is 12.2. The van der Waals surface area contributed by atoms with Gasteiger partial charge in [0, 0.05) is 26.3 Å². The molecule has 3 aromatic rings. The molecule has 0 bridgehead atoms. The zero-order valence-corrected chi connectivity index (χ0v) is 13.6. The highest BCUT2D eigenvalue weighted by atomic mass is 16.3. The maximum absolute atomic E-state index is 12.2. The third-order valence-electron chi connectivity index (χ3n) is 3.98. The van der Waals surface area contributed by atoms with Crippen LogP contribution in [0.15, 0.2) is 39.9 Å². The Morgan fingerprint density at radius 2 is 1.88 bits per heavy atom. The molecule has 0 aliphatic heterocycles. The van der Waals surface area contributed by atoms with Crippen LogP contribution in [0.3, 0.4) is 0 Å². The molecule has 3 rings (SSSR count). The fraction of sp³-hybridized carbons (Fsp3) is 0.312. The molecule has 8 heteroatoms. The number of nitrogens with zero attached hydrogens (tertiary/aromatic N) is 4. The highest BCUT2D eigenvalue weighted by Crippen LogP contribution is 2.16. The minimum absolute atomic E-state index is 0.00459. The van der Waals surface area contributed by atoms with E-state index in [-0.39, 0.29) is 6.61 Å². The minimum Gasteiger partial charge on any atom is -0.395 e. The summed E-state index contributed by atoms with van der Waals surface area (Å²) >= 11 is 0. The van der Waals surface area contributed by atoms with Crippen molar-refractivity contribution in [2.24, 2.45) is 14.1 Å². The molecular formula is C16H19N5O3. The first-order valence-corrected chi connectivity index (χ1v) is 7.58.